The van der Waals surface area contributed by atoms with Crippen LogP contribution >= 0.6 is 0 Å². The second-order valence-corrected chi connectivity index (χ2v) is 11.9. The van der Waals surface area contributed by atoms with Gasteiger partial charge in [0.1, 0.15) is 22.7 Å². The standard InChI is InChI=1S/C35H33FN6O3/c1-40-18-13-26(14-19-40)41-22-24(21-39-41)23-2-11-30-31(20-23)38-17-12-32(30)45-29-9-7-28(8-10-29)42(27-5-3-25(36)4-6-27)34(44)35(15-16-35)33(37)43/h2-12,17,20-22,26H,13-16,18-19H2,1H3,(H2,37,43). The summed E-state index contributed by atoms with van der Waals surface area (Å²) in [5, 5.41) is 5.52. The summed E-state index contributed by atoms with van der Waals surface area (Å²) in [5.41, 5.74) is 8.19. The van der Waals surface area contributed by atoms with Crippen LogP contribution in [0.1, 0.15) is 31.7 Å². The highest BCUT2D eigenvalue weighted by Crippen LogP contribution is 2.49. The molecule has 228 valence electrons. The van der Waals surface area contributed by atoms with Crippen molar-refractivity contribution < 1.29 is 18.7 Å². The van der Waals surface area contributed by atoms with E-state index in [9.17, 15) is 14.0 Å². The molecule has 0 unspecified atom stereocenters. The molecule has 2 amide bonds. The molecule has 0 radical (unpaired) electrons. The zero-order valence-electron chi connectivity index (χ0n) is 24.9. The van der Waals surface area contributed by atoms with Gasteiger partial charge in [0.2, 0.25) is 11.8 Å². The van der Waals surface area contributed by atoms with E-state index in [1.807, 2.05) is 24.4 Å². The number of hydrogen-bond acceptors (Lipinski definition) is 6. The molecule has 1 aliphatic heterocycles. The highest BCUT2D eigenvalue weighted by Gasteiger charge is 2.57. The van der Waals surface area contributed by atoms with Crippen LogP contribution in [0.4, 0.5) is 15.8 Å². The summed E-state index contributed by atoms with van der Waals surface area (Å²) in [5.74, 6) is -0.317. The molecule has 10 heteroatoms. The molecular formula is C35H33FN6O3. The van der Waals surface area contributed by atoms with Crippen molar-refractivity contribution in [3.05, 3.63) is 97.2 Å². The van der Waals surface area contributed by atoms with Gasteiger partial charge in [0, 0.05) is 34.7 Å². The largest absolute Gasteiger partial charge is 0.457 e. The van der Waals surface area contributed by atoms with Crippen molar-refractivity contribution in [3.8, 4) is 22.6 Å². The van der Waals surface area contributed by atoms with E-state index in [0.717, 1.165) is 48.0 Å². The number of pyridine rings is 1. The normalized spacial score (nSPS) is 16.4. The number of anilines is 2. The van der Waals surface area contributed by atoms with Gasteiger partial charge in [-0.1, -0.05) is 6.07 Å². The summed E-state index contributed by atoms with van der Waals surface area (Å²) >= 11 is 0. The first-order valence-corrected chi connectivity index (χ1v) is 15.1. The van der Waals surface area contributed by atoms with Crippen molar-refractivity contribution in [3.63, 3.8) is 0 Å². The monoisotopic (exact) mass is 604 g/mol. The van der Waals surface area contributed by atoms with Crippen LogP contribution < -0.4 is 15.4 Å². The summed E-state index contributed by atoms with van der Waals surface area (Å²) in [6.07, 6.45) is 8.70. The Morgan fingerprint density at radius 3 is 2.31 bits per heavy atom. The molecule has 1 saturated carbocycles. The molecule has 1 saturated heterocycles. The Balaban J connectivity index is 1.12. The summed E-state index contributed by atoms with van der Waals surface area (Å²) in [7, 11) is 2.16. The molecule has 2 aromatic heterocycles. The maximum Gasteiger partial charge on any atom is 0.247 e. The lowest BCUT2D eigenvalue weighted by atomic mass is 10.0. The molecule has 5 aromatic rings. The van der Waals surface area contributed by atoms with Crippen molar-refractivity contribution in [2.24, 2.45) is 11.1 Å². The van der Waals surface area contributed by atoms with Crippen molar-refractivity contribution in [2.75, 3.05) is 25.0 Å². The second kappa shape index (κ2) is 11.4. The molecule has 3 heterocycles. The number of carbonyl (C=O) groups excluding carboxylic acids is 2. The molecule has 7 rings (SSSR count). The van der Waals surface area contributed by atoms with Crippen LogP contribution in [-0.2, 0) is 9.59 Å². The quantitative estimate of drug-likeness (QED) is 0.211. The Morgan fingerprint density at radius 2 is 1.64 bits per heavy atom. The third-order valence-corrected chi connectivity index (χ3v) is 8.94. The lowest BCUT2D eigenvalue weighted by molar-refractivity contribution is -0.133. The minimum Gasteiger partial charge on any atom is -0.457 e. The molecule has 0 atom stereocenters. The number of carbonyl (C=O) groups is 2. The molecule has 9 nitrogen and oxygen atoms in total. The molecule has 0 bridgehead atoms. The molecule has 1 aliphatic carbocycles. The summed E-state index contributed by atoms with van der Waals surface area (Å²) in [6.45, 7) is 2.15. The van der Waals surface area contributed by atoms with Crippen LogP contribution in [0.5, 0.6) is 11.5 Å². The van der Waals surface area contributed by atoms with Crippen LogP contribution in [0, 0.1) is 11.2 Å². The number of benzene rings is 3. The number of nitrogens with two attached hydrogens (primary N) is 1. The molecule has 2 fully saturated rings. The molecule has 2 aliphatic rings. The average Bonchev–Trinajstić information content (AvgIpc) is 3.73. The number of primary amides is 1. The third kappa shape index (κ3) is 5.53. The number of amides is 2. The first kappa shape index (κ1) is 28.7. The number of fused-ring (bicyclic) bond motifs is 1. The van der Waals surface area contributed by atoms with Gasteiger partial charge in [-0.2, -0.15) is 5.10 Å². The van der Waals surface area contributed by atoms with Gasteiger partial charge in [-0.05, 0) is 118 Å². The molecule has 3 aromatic carbocycles. The van der Waals surface area contributed by atoms with Gasteiger partial charge in [-0.3, -0.25) is 24.2 Å². The van der Waals surface area contributed by atoms with E-state index >= 15 is 0 Å². The SMILES string of the molecule is CN1CCC(n2cc(-c3ccc4c(Oc5ccc(N(C(=O)C6(C(N)=O)CC6)c6ccc(F)cc6)cc5)ccnc4c3)cn2)CC1. The maximum absolute atomic E-state index is 13.7. The van der Waals surface area contributed by atoms with Crippen molar-refractivity contribution >= 4 is 34.1 Å². The van der Waals surface area contributed by atoms with Gasteiger partial charge in [-0.15, -0.1) is 0 Å². The number of piperidine rings is 1. The van der Waals surface area contributed by atoms with E-state index in [2.05, 4.69) is 39.0 Å². The average molecular weight is 605 g/mol. The number of halogens is 1. The third-order valence-electron chi connectivity index (χ3n) is 8.94. The van der Waals surface area contributed by atoms with Crippen LogP contribution in [0.2, 0.25) is 0 Å². The van der Waals surface area contributed by atoms with E-state index in [1.165, 1.54) is 29.2 Å². The van der Waals surface area contributed by atoms with Crippen LogP contribution in [0.3, 0.4) is 0 Å². The minimum absolute atomic E-state index is 0.386. The predicted molar refractivity (Wildman–Crippen MR) is 170 cm³/mol. The maximum atomic E-state index is 13.7. The summed E-state index contributed by atoms with van der Waals surface area (Å²) < 4.78 is 22.1. The van der Waals surface area contributed by atoms with Crippen LogP contribution in [-0.4, -0.2) is 51.6 Å². The van der Waals surface area contributed by atoms with E-state index in [0.29, 0.717) is 41.8 Å². The number of likely N-dealkylation sites (tertiary alicyclic amines) is 1. The number of aromatic nitrogens is 3. The van der Waals surface area contributed by atoms with Crippen molar-refractivity contribution in [1.82, 2.24) is 19.7 Å². The van der Waals surface area contributed by atoms with Gasteiger partial charge in [-0.25, -0.2) is 4.39 Å². The number of ether oxygens (including phenoxy) is 1. The van der Waals surface area contributed by atoms with Crippen LogP contribution in [0.25, 0.3) is 22.0 Å². The highest BCUT2D eigenvalue weighted by atomic mass is 19.1. The van der Waals surface area contributed by atoms with E-state index in [1.54, 1.807) is 30.5 Å². The van der Waals surface area contributed by atoms with Gasteiger partial charge < -0.3 is 15.4 Å². The lowest BCUT2D eigenvalue weighted by Crippen LogP contribution is -2.41. The van der Waals surface area contributed by atoms with Crippen molar-refractivity contribution in [2.45, 2.75) is 31.7 Å². The van der Waals surface area contributed by atoms with Gasteiger partial charge >= 0.3 is 0 Å². The Kier molecular flexibility index (Phi) is 7.29. The molecule has 45 heavy (non-hydrogen) atoms. The van der Waals surface area contributed by atoms with Gasteiger partial charge in [0.15, 0.2) is 0 Å². The fraction of sp³-hybridized carbons (Fsp3) is 0.257. The number of rotatable bonds is 8. The topological polar surface area (TPSA) is 107 Å². The molecular weight excluding hydrogens is 571 g/mol. The zero-order valence-corrected chi connectivity index (χ0v) is 24.9. The summed E-state index contributed by atoms with van der Waals surface area (Å²) in [4.78, 5) is 34.1. The van der Waals surface area contributed by atoms with Crippen molar-refractivity contribution in [1.29, 1.82) is 0 Å². The Bertz CT molecular complexity index is 1880. The summed E-state index contributed by atoms with van der Waals surface area (Å²) in [6, 6.07) is 20.9. The first-order chi connectivity index (χ1) is 21.8. The molecule has 2 N–H and O–H groups in total. The van der Waals surface area contributed by atoms with Gasteiger partial charge in [0.25, 0.3) is 0 Å². The van der Waals surface area contributed by atoms with Gasteiger partial charge in [0.05, 0.1) is 17.8 Å². The number of nitrogens with zero attached hydrogens (tertiary/aromatic N) is 5. The van der Waals surface area contributed by atoms with E-state index < -0.39 is 23.0 Å². The number of hydrogen-bond donors (Lipinski definition) is 1. The fourth-order valence-corrected chi connectivity index (χ4v) is 6.01. The second-order valence-electron chi connectivity index (χ2n) is 11.9. The van der Waals surface area contributed by atoms with E-state index in [4.69, 9.17) is 10.5 Å². The Hall–Kier alpha value is -5.09. The van der Waals surface area contributed by atoms with Crippen LogP contribution in [0.15, 0.2) is 91.4 Å². The smallest absolute Gasteiger partial charge is 0.247 e. The molecule has 0 spiro atoms. The first-order valence-electron chi connectivity index (χ1n) is 15.1. The fourth-order valence-electron chi connectivity index (χ4n) is 6.01. The minimum atomic E-state index is -1.25. The lowest BCUT2D eigenvalue weighted by Gasteiger charge is -2.28. The Labute approximate surface area is 260 Å². The van der Waals surface area contributed by atoms with E-state index in [-0.39, 0.29) is 0 Å². The highest BCUT2D eigenvalue weighted by molar-refractivity contribution is 6.16. The Morgan fingerprint density at radius 1 is 0.956 bits per heavy atom. The predicted octanol–water partition coefficient (Wildman–Crippen LogP) is 6.23. The zero-order chi connectivity index (χ0) is 31.1.